The number of hydrogen-bond acceptors (Lipinski definition) is 5. The smallest absolute Gasteiger partial charge is 0.188 e. The lowest BCUT2D eigenvalue weighted by Crippen LogP contribution is -2.24. The first-order valence-electron chi connectivity index (χ1n) is 10.4. The molecule has 4 rings (SSSR count). The van der Waals surface area contributed by atoms with Crippen LogP contribution in [-0.4, -0.2) is 18.0 Å². The lowest BCUT2D eigenvalue weighted by atomic mass is 9.97. The fourth-order valence-electron chi connectivity index (χ4n) is 3.39. The minimum atomic E-state index is 0.335. The largest absolute Gasteiger partial charge is 0.497 e. The fraction of sp³-hybridized carbons (Fsp3) is 0.107. The summed E-state index contributed by atoms with van der Waals surface area (Å²) in [4.78, 5) is 0. The van der Waals surface area contributed by atoms with Crippen LogP contribution in [0, 0.1) is 11.8 Å². The van der Waals surface area contributed by atoms with E-state index in [1.165, 1.54) is 0 Å². The highest BCUT2D eigenvalue weighted by Gasteiger charge is 2.33. The van der Waals surface area contributed by atoms with Crippen LogP contribution in [0.25, 0.3) is 11.6 Å². The minimum absolute atomic E-state index is 0.335. The van der Waals surface area contributed by atoms with Gasteiger partial charge in [-0.2, -0.15) is 0 Å². The molecule has 5 nitrogen and oxygen atoms in total. The summed E-state index contributed by atoms with van der Waals surface area (Å²) in [6.07, 6.45) is 1.80. The molecule has 1 fully saturated rings. The van der Waals surface area contributed by atoms with Crippen LogP contribution in [0.1, 0.15) is 23.6 Å². The number of benzene rings is 3. The van der Waals surface area contributed by atoms with Gasteiger partial charge in [-0.25, -0.2) is 0 Å². The third kappa shape index (κ3) is 4.91. The Morgan fingerprint density at radius 1 is 1.00 bits per heavy atom. The first kappa shape index (κ1) is 21.8. The lowest BCUT2D eigenvalue weighted by Gasteiger charge is -2.26. The van der Waals surface area contributed by atoms with Gasteiger partial charge in [0, 0.05) is 5.56 Å². The Morgan fingerprint density at radius 2 is 1.73 bits per heavy atom. The number of oxime groups is 1. The molecule has 0 saturated carbocycles. The molecule has 0 amide bonds. The second kappa shape index (κ2) is 10.3. The van der Waals surface area contributed by atoms with Gasteiger partial charge in [-0.3, -0.25) is 0 Å². The van der Waals surface area contributed by atoms with E-state index >= 15 is 0 Å². The predicted octanol–water partition coefficient (Wildman–Crippen LogP) is 5.91. The Morgan fingerprint density at radius 3 is 2.42 bits per heavy atom. The first-order valence-corrected chi connectivity index (χ1v) is 10.4. The van der Waals surface area contributed by atoms with E-state index in [0.717, 1.165) is 22.4 Å². The van der Waals surface area contributed by atoms with E-state index in [1.807, 2.05) is 78.9 Å². The summed E-state index contributed by atoms with van der Waals surface area (Å²) in [6.45, 7) is 2.17. The summed E-state index contributed by atoms with van der Waals surface area (Å²) in [5.41, 5.74) is 3.65. The van der Waals surface area contributed by atoms with Gasteiger partial charge in [0.2, 0.25) is 0 Å². The van der Waals surface area contributed by atoms with Crippen molar-refractivity contribution in [3.63, 3.8) is 0 Å². The van der Waals surface area contributed by atoms with Crippen LogP contribution in [0.4, 0.5) is 0 Å². The zero-order chi connectivity index (χ0) is 23.0. The molecule has 1 heterocycles. The van der Waals surface area contributed by atoms with Crippen LogP contribution >= 0.6 is 0 Å². The van der Waals surface area contributed by atoms with Gasteiger partial charge in [-0.05, 0) is 48.4 Å². The van der Waals surface area contributed by atoms with Crippen LogP contribution in [0.3, 0.4) is 0 Å². The number of rotatable bonds is 6. The van der Waals surface area contributed by atoms with Gasteiger partial charge in [0.25, 0.3) is 0 Å². The van der Waals surface area contributed by atoms with Crippen LogP contribution in [-0.2, 0) is 11.3 Å². The molecule has 33 heavy (non-hydrogen) atoms. The predicted molar refractivity (Wildman–Crippen MR) is 129 cm³/mol. The van der Waals surface area contributed by atoms with E-state index in [1.54, 1.807) is 20.1 Å². The second-order valence-electron chi connectivity index (χ2n) is 7.18. The van der Waals surface area contributed by atoms with E-state index in [0.29, 0.717) is 35.2 Å². The van der Waals surface area contributed by atoms with Gasteiger partial charge in [0.1, 0.15) is 18.1 Å². The Hall–Kier alpha value is -4.43. The average molecular weight is 437 g/mol. The number of methoxy groups -OCH3 is 1. The van der Waals surface area contributed by atoms with Crippen molar-refractivity contribution >= 4 is 17.4 Å². The molecule has 0 aliphatic carbocycles. The normalized spacial score (nSPS) is 16.3. The third-order valence-corrected chi connectivity index (χ3v) is 5.04. The van der Waals surface area contributed by atoms with Gasteiger partial charge in [-0.15, -0.1) is 5.92 Å². The van der Waals surface area contributed by atoms with Crippen molar-refractivity contribution in [2.45, 2.75) is 13.5 Å². The highest BCUT2D eigenvalue weighted by atomic mass is 16.5. The van der Waals surface area contributed by atoms with Gasteiger partial charge >= 0.3 is 0 Å². The Balaban J connectivity index is 1.65. The van der Waals surface area contributed by atoms with Crippen molar-refractivity contribution in [2.75, 3.05) is 7.11 Å². The van der Waals surface area contributed by atoms with Crippen LogP contribution in [0.2, 0.25) is 0 Å². The standard InChI is InChI=1S/C28H23NO4/c1-3-9-24(23-12-7-8-13-25(23)32-19-21-10-5-4-6-11-21)28-27(29-30)26(33-28)18-20-14-16-22(31-2)17-15-20/h4-8,10-18,30H,19H2,1-2H3/b26-18-,28-24-,29-27+. The molecule has 3 aromatic rings. The highest BCUT2D eigenvalue weighted by molar-refractivity contribution is 6.22. The van der Waals surface area contributed by atoms with E-state index in [4.69, 9.17) is 14.2 Å². The Kier molecular flexibility index (Phi) is 6.77. The number of ether oxygens (including phenoxy) is 3. The molecule has 1 N–H and O–H groups in total. The zero-order valence-corrected chi connectivity index (χ0v) is 18.4. The van der Waals surface area contributed by atoms with Crippen molar-refractivity contribution in [3.05, 3.63) is 107 Å². The lowest BCUT2D eigenvalue weighted by molar-refractivity contribution is 0.276. The van der Waals surface area contributed by atoms with Crippen LogP contribution < -0.4 is 9.47 Å². The maximum absolute atomic E-state index is 9.71. The van der Waals surface area contributed by atoms with Crippen molar-refractivity contribution in [1.29, 1.82) is 0 Å². The molecule has 3 aromatic carbocycles. The van der Waals surface area contributed by atoms with E-state index in [-0.39, 0.29) is 0 Å². The molecule has 1 aliphatic rings. The first-order chi connectivity index (χ1) is 16.2. The summed E-state index contributed by atoms with van der Waals surface area (Å²) in [7, 11) is 1.62. The topological polar surface area (TPSA) is 60.3 Å². The molecule has 0 radical (unpaired) electrons. The molecule has 164 valence electrons. The van der Waals surface area contributed by atoms with E-state index in [9.17, 15) is 5.21 Å². The molecule has 0 atom stereocenters. The number of hydrogen-bond donors (Lipinski definition) is 1. The van der Waals surface area contributed by atoms with Crippen LogP contribution in [0.5, 0.6) is 11.5 Å². The molecule has 0 spiro atoms. The van der Waals surface area contributed by atoms with Gasteiger partial charge < -0.3 is 19.4 Å². The number of allylic oxidation sites excluding steroid dienone is 1. The molecule has 1 saturated heterocycles. The maximum Gasteiger partial charge on any atom is 0.188 e. The Bertz CT molecular complexity index is 1280. The zero-order valence-electron chi connectivity index (χ0n) is 18.4. The molecule has 1 aliphatic heterocycles. The van der Waals surface area contributed by atoms with Crippen molar-refractivity contribution < 1.29 is 19.4 Å². The fourth-order valence-corrected chi connectivity index (χ4v) is 3.39. The number of para-hydroxylation sites is 1. The third-order valence-electron chi connectivity index (χ3n) is 5.04. The molecule has 5 heteroatoms. The SMILES string of the molecule is CC#C/C(=C1/OC(=C\c2ccc(OC)cc2)/C1=N\O)c1ccccc1OCc1ccccc1. The minimum Gasteiger partial charge on any atom is -0.497 e. The van der Waals surface area contributed by atoms with Crippen molar-refractivity contribution in [3.8, 4) is 23.3 Å². The highest BCUT2D eigenvalue weighted by Crippen LogP contribution is 2.37. The van der Waals surface area contributed by atoms with Crippen LogP contribution in [0.15, 0.2) is 95.5 Å². The molecule has 0 bridgehead atoms. The quantitative estimate of drug-likeness (QED) is 0.296. The number of nitrogens with zero attached hydrogens (tertiary/aromatic N) is 1. The maximum atomic E-state index is 9.71. The monoisotopic (exact) mass is 437 g/mol. The average Bonchev–Trinajstić information content (AvgIpc) is 2.85. The molecular weight excluding hydrogens is 414 g/mol. The van der Waals surface area contributed by atoms with Gasteiger partial charge in [-0.1, -0.05) is 65.7 Å². The summed E-state index contributed by atoms with van der Waals surface area (Å²) >= 11 is 0. The second-order valence-corrected chi connectivity index (χ2v) is 7.18. The summed E-state index contributed by atoms with van der Waals surface area (Å²) in [5, 5.41) is 13.2. The summed E-state index contributed by atoms with van der Waals surface area (Å²) in [6, 6.07) is 25.0. The van der Waals surface area contributed by atoms with Gasteiger partial charge in [0.05, 0.1) is 12.7 Å². The molecular formula is C28H23NO4. The van der Waals surface area contributed by atoms with Crippen molar-refractivity contribution in [2.24, 2.45) is 5.16 Å². The Labute approximate surface area is 193 Å². The molecule has 0 aromatic heterocycles. The van der Waals surface area contributed by atoms with Gasteiger partial charge in [0.15, 0.2) is 17.2 Å². The summed E-state index contributed by atoms with van der Waals surface area (Å²) < 4.78 is 17.2. The summed E-state index contributed by atoms with van der Waals surface area (Å²) in [5.74, 6) is 8.30. The van der Waals surface area contributed by atoms with Crippen molar-refractivity contribution in [1.82, 2.24) is 0 Å². The van der Waals surface area contributed by atoms with E-state index < -0.39 is 0 Å². The van der Waals surface area contributed by atoms with E-state index in [2.05, 4.69) is 17.0 Å². The molecule has 0 unspecified atom stereocenters.